The first-order valence-electron chi connectivity index (χ1n) is 6.58. The van der Waals surface area contributed by atoms with Gasteiger partial charge in [0.2, 0.25) is 0 Å². The minimum atomic E-state index is -0.863. The summed E-state index contributed by atoms with van der Waals surface area (Å²) in [5.74, 6) is -0.0376. The number of hydrogen-bond donors (Lipinski definition) is 1. The quantitative estimate of drug-likeness (QED) is 0.792. The summed E-state index contributed by atoms with van der Waals surface area (Å²) in [4.78, 5) is 15.0. The lowest BCUT2D eigenvalue weighted by Gasteiger charge is -2.06. The van der Waals surface area contributed by atoms with Crippen LogP contribution in [-0.4, -0.2) is 22.7 Å². The first-order valence-corrected chi connectivity index (χ1v) is 7.46. The molecule has 1 aromatic heterocycles. The summed E-state index contributed by atoms with van der Waals surface area (Å²) in [6.45, 7) is 2.83. The van der Waals surface area contributed by atoms with Crippen molar-refractivity contribution in [3.8, 4) is 16.3 Å². The van der Waals surface area contributed by atoms with Gasteiger partial charge in [-0.15, -0.1) is 11.3 Å². The molecule has 1 aromatic carbocycles. The van der Waals surface area contributed by atoms with Crippen molar-refractivity contribution in [2.75, 3.05) is 6.61 Å². The zero-order valence-electron chi connectivity index (χ0n) is 11.3. The molecule has 0 atom stereocenters. The molecule has 20 heavy (non-hydrogen) atoms. The maximum Gasteiger partial charge on any atom is 0.309 e. The van der Waals surface area contributed by atoms with E-state index in [9.17, 15) is 4.79 Å². The number of aliphatic carboxylic acids is 1. The van der Waals surface area contributed by atoms with Crippen LogP contribution in [0, 0.1) is 0 Å². The lowest BCUT2D eigenvalue weighted by molar-refractivity contribution is -0.136. The van der Waals surface area contributed by atoms with Crippen molar-refractivity contribution in [1.82, 2.24) is 4.98 Å². The first kappa shape index (κ1) is 14.5. The zero-order chi connectivity index (χ0) is 14.4. The van der Waals surface area contributed by atoms with E-state index in [1.807, 2.05) is 24.3 Å². The number of hydrogen-bond acceptors (Lipinski definition) is 4. The molecule has 0 aliphatic carbocycles. The Kier molecular flexibility index (Phi) is 5.12. The fraction of sp³-hybridized carbons (Fsp3) is 0.333. The van der Waals surface area contributed by atoms with E-state index in [1.54, 1.807) is 5.38 Å². The zero-order valence-corrected chi connectivity index (χ0v) is 12.2. The lowest BCUT2D eigenvalue weighted by atomic mass is 10.2. The van der Waals surface area contributed by atoms with Gasteiger partial charge in [0.05, 0.1) is 18.7 Å². The van der Waals surface area contributed by atoms with Crippen LogP contribution in [0.3, 0.4) is 0 Å². The van der Waals surface area contributed by atoms with Crippen LogP contribution in [0.5, 0.6) is 5.75 Å². The number of carbonyl (C=O) groups is 1. The Morgan fingerprint density at radius 1 is 1.45 bits per heavy atom. The van der Waals surface area contributed by atoms with Gasteiger partial charge in [0.1, 0.15) is 10.8 Å². The molecule has 0 spiro atoms. The summed E-state index contributed by atoms with van der Waals surface area (Å²) in [5, 5.41) is 11.4. The van der Waals surface area contributed by atoms with Crippen LogP contribution in [0.25, 0.3) is 10.6 Å². The Morgan fingerprint density at radius 2 is 2.30 bits per heavy atom. The topological polar surface area (TPSA) is 59.4 Å². The monoisotopic (exact) mass is 291 g/mol. The second-order valence-corrected chi connectivity index (χ2v) is 5.30. The number of carboxylic acids is 1. The maximum atomic E-state index is 10.7. The van der Waals surface area contributed by atoms with E-state index in [1.165, 1.54) is 11.3 Å². The number of nitrogens with zero attached hydrogens (tertiary/aromatic N) is 1. The number of ether oxygens (including phenoxy) is 1. The molecule has 106 valence electrons. The Hall–Kier alpha value is -1.88. The molecule has 0 aliphatic heterocycles. The van der Waals surface area contributed by atoms with Crippen molar-refractivity contribution < 1.29 is 14.6 Å². The van der Waals surface area contributed by atoms with Gasteiger partial charge in [0.25, 0.3) is 0 Å². The summed E-state index contributed by atoms with van der Waals surface area (Å²) < 4.78 is 5.66. The van der Waals surface area contributed by atoms with E-state index in [-0.39, 0.29) is 6.42 Å². The molecule has 1 N–H and O–H groups in total. The molecule has 2 aromatic rings. The second-order valence-electron chi connectivity index (χ2n) is 4.44. The van der Waals surface area contributed by atoms with E-state index in [0.29, 0.717) is 12.3 Å². The summed E-state index contributed by atoms with van der Waals surface area (Å²) in [7, 11) is 0. The van der Waals surface area contributed by atoms with E-state index in [4.69, 9.17) is 9.84 Å². The number of benzene rings is 1. The van der Waals surface area contributed by atoms with Crippen LogP contribution in [0.1, 0.15) is 25.5 Å². The van der Waals surface area contributed by atoms with Gasteiger partial charge in [0.15, 0.2) is 0 Å². The molecule has 0 aliphatic rings. The van der Waals surface area contributed by atoms with Crippen molar-refractivity contribution in [2.24, 2.45) is 0 Å². The van der Waals surface area contributed by atoms with E-state index in [2.05, 4.69) is 11.9 Å². The highest BCUT2D eigenvalue weighted by Crippen LogP contribution is 2.27. The molecule has 5 heteroatoms. The third-order valence-electron chi connectivity index (χ3n) is 2.73. The highest BCUT2D eigenvalue weighted by molar-refractivity contribution is 7.13. The number of aromatic nitrogens is 1. The molecule has 2 rings (SSSR count). The fourth-order valence-corrected chi connectivity index (χ4v) is 2.55. The molecule has 4 nitrogen and oxygen atoms in total. The van der Waals surface area contributed by atoms with Crippen molar-refractivity contribution in [3.05, 3.63) is 35.3 Å². The number of carboxylic acid groups (broad SMARTS) is 1. The Labute approximate surface area is 122 Å². The van der Waals surface area contributed by atoms with Crippen molar-refractivity contribution in [3.63, 3.8) is 0 Å². The van der Waals surface area contributed by atoms with Crippen LogP contribution in [0.4, 0.5) is 0 Å². The largest absolute Gasteiger partial charge is 0.494 e. The minimum absolute atomic E-state index is 0.0385. The van der Waals surface area contributed by atoms with Crippen LogP contribution >= 0.6 is 11.3 Å². The smallest absolute Gasteiger partial charge is 0.309 e. The Balaban J connectivity index is 2.09. The first-order chi connectivity index (χ1) is 9.69. The van der Waals surface area contributed by atoms with Crippen LogP contribution < -0.4 is 4.74 Å². The highest BCUT2D eigenvalue weighted by atomic mass is 32.1. The average Bonchev–Trinajstić information content (AvgIpc) is 2.87. The fourth-order valence-electron chi connectivity index (χ4n) is 1.73. The van der Waals surface area contributed by atoms with Gasteiger partial charge in [0, 0.05) is 10.9 Å². The molecule has 0 bridgehead atoms. The van der Waals surface area contributed by atoms with Gasteiger partial charge in [-0.25, -0.2) is 4.98 Å². The molecular formula is C15H17NO3S. The van der Waals surface area contributed by atoms with Gasteiger partial charge in [-0.1, -0.05) is 25.5 Å². The van der Waals surface area contributed by atoms with Gasteiger partial charge in [-0.2, -0.15) is 0 Å². The molecule has 1 heterocycles. The molecule has 0 saturated carbocycles. The normalized spacial score (nSPS) is 10.4. The van der Waals surface area contributed by atoms with Crippen LogP contribution in [-0.2, 0) is 11.2 Å². The molecule has 0 radical (unpaired) electrons. The predicted octanol–water partition coefficient (Wildman–Crippen LogP) is 3.62. The average molecular weight is 291 g/mol. The molecule has 0 fully saturated rings. The van der Waals surface area contributed by atoms with Gasteiger partial charge >= 0.3 is 5.97 Å². The molecule has 0 saturated heterocycles. The van der Waals surface area contributed by atoms with Crippen molar-refractivity contribution in [1.29, 1.82) is 0 Å². The standard InChI is InChI=1S/C15H17NO3S/c1-2-3-7-19-13-6-4-5-11(8-13)15-16-12(10-20-15)9-14(17)18/h4-6,8,10H,2-3,7,9H2,1H3,(H,17,18). The van der Waals surface area contributed by atoms with Crippen molar-refractivity contribution >= 4 is 17.3 Å². The summed E-state index contributed by atoms with van der Waals surface area (Å²) in [5.41, 5.74) is 1.55. The Bertz CT molecular complexity index is 580. The van der Waals surface area contributed by atoms with Crippen LogP contribution in [0.2, 0.25) is 0 Å². The van der Waals surface area contributed by atoms with Crippen molar-refractivity contribution in [2.45, 2.75) is 26.2 Å². The summed E-state index contributed by atoms with van der Waals surface area (Å²) >= 11 is 1.45. The number of unbranched alkanes of at least 4 members (excludes halogenated alkanes) is 1. The predicted molar refractivity (Wildman–Crippen MR) is 79.3 cm³/mol. The Morgan fingerprint density at radius 3 is 3.05 bits per heavy atom. The van der Waals surface area contributed by atoms with Gasteiger partial charge < -0.3 is 9.84 Å². The summed E-state index contributed by atoms with van der Waals surface area (Å²) in [6, 6.07) is 7.74. The second kappa shape index (κ2) is 7.05. The SMILES string of the molecule is CCCCOc1cccc(-c2nc(CC(=O)O)cs2)c1. The minimum Gasteiger partial charge on any atom is -0.494 e. The third kappa shape index (κ3) is 4.06. The van der Waals surface area contributed by atoms with Crippen LogP contribution in [0.15, 0.2) is 29.6 Å². The van der Waals surface area contributed by atoms with E-state index < -0.39 is 5.97 Å². The highest BCUT2D eigenvalue weighted by Gasteiger charge is 2.08. The van der Waals surface area contributed by atoms with Gasteiger partial charge in [-0.05, 0) is 18.6 Å². The molecule has 0 amide bonds. The number of thiazole rings is 1. The van der Waals surface area contributed by atoms with E-state index >= 15 is 0 Å². The summed E-state index contributed by atoms with van der Waals surface area (Å²) in [6.07, 6.45) is 2.10. The third-order valence-corrected chi connectivity index (χ3v) is 3.67. The lowest BCUT2D eigenvalue weighted by Crippen LogP contribution is -2.00. The molecule has 0 unspecified atom stereocenters. The van der Waals surface area contributed by atoms with E-state index in [0.717, 1.165) is 29.2 Å². The number of rotatable bonds is 7. The maximum absolute atomic E-state index is 10.7. The van der Waals surface area contributed by atoms with Gasteiger partial charge in [-0.3, -0.25) is 4.79 Å². The molecular weight excluding hydrogens is 274 g/mol.